The molecule has 1 aliphatic heterocycles. The van der Waals surface area contributed by atoms with Crippen LogP contribution < -0.4 is 0 Å². The van der Waals surface area contributed by atoms with Crippen molar-refractivity contribution in [1.82, 2.24) is 25.0 Å². The molecular weight excluding hydrogens is 298 g/mol. The number of morpholine rings is 1. The van der Waals surface area contributed by atoms with Crippen molar-refractivity contribution in [3.8, 4) is 11.6 Å². The summed E-state index contributed by atoms with van der Waals surface area (Å²) in [5, 5.41) is 3.89. The number of carbonyl (C=O) groups excluding carboxylic acids is 1. The van der Waals surface area contributed by atoms with Gasteiger partial charge < -0.3 is 14.2 Å². The van der Waals surface area contributed by atoms with Gasteiger partial charge in [-0.1, -0.05) is 25.9 Å². The molecule has 2 aromatic rings. The van der Waals surface area contributed by atoms with Gasteiger partial charge in [0.1, 0.15) is 0 Å². The van der Waals surface area contributed by atoms with E-state index in [-0.39, 0.29) is 5.91 Å². The summed E-state index contributed by atoms with van der Waals surface area (Å²) in [5.74, 6) is 1.11. The van der Waals surface area contributed by atoms with Gasteiger partial charge in [0.2, 0.25) is 17.6 Å². The van der Waals surface area contributed by atoms with Crippen molar-refractivity contribution in [3.05, 3.63) is 24.4 Å². The number of hydrogen-bond acceptors (Lipinski definition) is 7. The van der Waals surface area contributed by atoms with E-state index in [0.29, 0.717) is 37.2 Å². The van der Waals surface area contributed by atoms with Crippen LogP contribution in [-0.2, 0) is 9.53 Å². The average molecular weight is 317 g/mol. The van der Waals surface area contributed by atoms with Gasteiger partial charge >= 0.3 is 0 Å². The third-order valence-corrected chi connectivity index (χ3v) is 3.48. The maximum atomic E-state index is 12.4. The van der Waals surface area contributed by atoms with E-state index in [1.165, 1.54) is 0 Å². The highest BCUT2D eigenvalue weighted by molar-refractivity contribution is 5.81. The van der Waals surface area contributed by atoms with Gasteiger partial charge in [-0.05, 0) is 6.07 Å². The molecule has 3 rings (SSSR count). The van der Waals surface area contributed by atoms with Crippen LogP contribution >= 0.6 is 0 Å². The van der Waals surface area contributed by atoms with Crippen molar-refractivity contribution in [2.75, 3.05) is 19.7 Å². The molecule has 1 amide bonds. The maximum Gasteiger partial charge on any atom is 0.258 e. The fraction of sp³-hybridized carbons (Fsp3) is 0.533. The zero-order valence-corrected chi connectivity index (χ0v) is 13.4. The third-order valence-electron chi connectivity index (χ3n) is 3.48. The van der Waals surface area contributed by atoms with Crippen molar-refractivity contribution in [2.45, 2.75) is 26.9 Å². The Morgan fingerprint density at radius 3 is 2.70 bits per heavy atom. The maximum absolute atomic E-state index is 12.4. The van der Waals surface area contributed by atoms with Crippen molar-refractivity contribution in [1.29, 1.82) is 0 Å². The van der Waals surface area contributed by atoms with E-state index in [1.807, 2.05) is 20.8 Å². The van der Waals surface area contributed by atoms with Crippen molar-refractivity contribution >= 4 is 5.91 Å². The fourth-order valence-electron chi connectivity index (χ4n) is 2.33. The largest absolute Gasteiger partial charge is 0.365 e. The minimum Gasteiger partial charge on any atom is -0.365 e. The van der Waals surface area contributed by atoms with Crippen LogP contribution in [0.2, 0.25) is 0 Å². The van der Waals surface area contributed by atoms with Gasteiger partial charge in [-0.25, -0.2) is 9.97 Å². The van der Waals surface area contributed by atoms with E-state index in [4.69, 9.17) is 9.26 Å². The van der Waals surface area contributed by atoms with Gasteiger partial charge in [-0.15, -0.1) is 0 Å². The Kier molecular flexibility index (Phi) is 4.08. The van der Waals surface area contributed by atoms with Crippen molar-refractivity contribution in [2.24, 2.45) is 5.41 Å². The zero-order valence-electron chi connectivity index (χ0n) is 13.4. The summed E-state index contributed by atoms with van der Waals surface area (Å²) < 4.78 is 10.9. The molecule has 3 heterocycles. The van der Waals surface area contributed by atoms with Gasteiger partial charge in [0, 0.05) is 24.4 Å². The first-order valence-corrected chi connectivity index (χ1v) is 7.47. The first kappa shape index (κ1) is 15.5. The van der Waals surface area contributed by atoms with Crippen LogP contribution in [0, 0.1) is 5.41 Å². The molecule has 1 atom stereocenters. The molecule has 23 heavy (non-hydrogen) atoms. The molecule has 0 spiro atoms. The normalized spacial score (nSPS) is 18.9. The van der Waals surface area contributed by atoms with Gasteiger partial charge in [0.15, 0.2) is 6.10 Å². The molecule has 8 nitrogen and oxygen atoms in total. The first-order chi connectivity index (χ1) is 10.9. The van der Waals surface area contributed by atoms with E-state index < -0.39 is 11.5 Å². The minimum absolute atomic E-state index is 0.0805. The average Bonchev–Trinajstić information content (AvgIpc) is 3.04. The number of carbonyl (C=O) groups is 1. The van der Waals surface area contributed by atoms with Gasteiger partial charge in [-0.2, -0.15) is 4.98 Å². The highest BCUT2D eigenvalue weighted by Gasteiger charge is 2.34. The summed E-state index contributed by atoms with van der Waals surface area (Å²) in [6.45, 7) is 7.10. The summed E-state index contributed by atoms with van der Waals surface area (Å²) in [4.78, 5) is 26.6. The number of amides is 1. The Balaban J connectivity index is 1.75. The first-order valence-electron chi connectivity index (χ1n) is 7.47. The van der Waals surface area contributed by atoms with Crippen LogP contribution in [0.15, 0.2) is 23.0 Å². The van der Waals surface area contributed by atoms with Crippen LogP contribution in [0.5, 0.6) is 0 Å². The molecule has 1 fully saturated rings. The molecule has 0 saturated carbocycles. The monoisotopic (exact) mass is 317 g/mol. The molecule has 8 heteroatoms. The third kappa shape index (κ3) is 3.37. The minimum atomic E-state index is -0.431. The van der Waals surface area contributed by atoms with Crippen LogP contribution in [-0.4, -0.2) is 50.6 Å². The van der Waals surface area contributed by atoms with E-state index in [0.717, 1.165) is 0 Å². The second-order valence-electron chi connectivity index (χ2n) is 6.39. The van der Waals surface area contributed by atoms with Gasteiger partial charge in [0.25, 0.3) is 5.89 Å². The Hall–Kier alpha value is -2.35. The number of hydrogen-bond donors (Lipinski definition) is 0. The fourth-order valence-corrected chi connectivity index (χ4v) is 2.33. The number of ether oxygens (including phenoxy) is 1. The summed E-state index contributed by atoms with van der Waals surface area (Å²) in [6.07, 6.45) is 2.79. The standard InChI is InChI=1S/C15H19N5O3/c1-15(2,3)14(21)20-7-8-22-10(9-20)13-18-12(19-23-13)11-16-5-4-6-17-11/h4-6,10H,7-9H2,1-3H3. The van der Waals surface area contributed by atoms with E-state index >= 15 is 0 Å². The highest BCUT2D eigenvalue weighted by atomic mass is 16.5. The highest BCUT2D eigenvalue weighted by Crippen LogP contribution is 2.26. The molecule has 2 aromatic heterocycles. The number of aromatic nitrogens is 4. The summed E-state index contributed by atoms with van der Waals surface area (Å²) in [5.41, 5.74) is -0.431. The Labute approximate surface area is 133 Å². The van der Waals surface area contributed by atoms with E-state index in [9.17, 15) is 4.79 Å². The molecule has 1 aliphatic rings. The SMILES string of the molecule is CC(C)(C)C(=O)N1CCOC(c2nc(-c3ncccn3)no2)C1. The van der Waals surface area contributed by atoms with Crippen molar-refractivity contribution < 1.29 is 14.1 Å². The summed E-state index contributed by atoms with van der Waals surface area (Å²) in [7, 11) is 0. The predicted molar refractivity (Wildman–Crippen MR) is 80.1 cm³/mol. The predicted octanol–water partition coefficient (Wildman–Crippen LogP) is 1.47. The Morgan fingerprint density at radius 1 is 1.26 bits per heavy atom. The lowest BCUT2D eigenvalue weighted by molar-refractivity contribution is -0.148. The van der Waals surface area contributed by atoms with Gasteiger partial charge in [-0.3, -0.25) is 4.79 Å². The van der Waals surface area contributed by atoms with Crippen LogP contribution in [0.1, 0.15) is 32.8 Å². The molecule has 0 N–H and O–H groups in total. The van der Waals surface area contributed by atoms with Crippen LogP contribution in [0.25, 0.3) is 11.6 Å². The lowest BCUT2D eigenvalue weighted by Crippen LogP contribution is -2.46. The topological polar surface area (TPSA) is 94.2 Å². The molecule has 122 valence electrons. The van der Waals surface area contributed by atoms with Gasteiger partial charge in [0.05, 0.1) is 13.2 Å². The lowest BCUT2D eigenvalue weighted by atomic mass is 9.94. The molecule has 0 aliphatic carbocycles. The number of rotatable bonds is 2. The summed E-state index contributed by atoms with van der Waals surface area (Å²) in [6, 6.07) is 1.71. The molecule has 0 aromatic carbocycles. The molecular formula is C15H19N5O3. The van der Waals surface area contributed by atoms with Crippen molar-refractivity contribution in [3.63, 3.8) is 0 Å². The molecule has 0 radical (unpaired) electrons. The number of nitrogens with zero attached hydrogens (tertiary/aromatic N) is 5. The molecule has 1 unspecified atom stereocenters. The molecule has 1 saturated heterocycles. The quantitative estimate of drug-likeness (QED) is 0.827. The Bertz CT molecular complexity index is 680. The van der Waals surface area contributed by atoms with E-state index in [2.05, 4.69) is 20.1 Å². The second-order valence-corrected chi connectivity index (χ2v) is 6.39. The second kappa shape index (κ2) is 6.04. The van der Waals surface area contributed by atoms with Crippen LogP contribution in [0.4, 0.5) is 0 Å². The smallest absolute Gasteiger partial charge is 0.258 e. The molecule has 0 bridgehead atoms. The zero-order chi connectivity index (χ0) is 16.4. The Morgan fingerprint density at radius 2 is 2.00 bits per heavy atom. The summed E-state index contributed by atoms with van der Waals surface area (Å²) >= 11 is 0. The lowest BCUT2D eigenvalue weighted by Gasteiger charge is -2.35. The van der Waals surface area contributed by atoms with Crippen LogP contribution in [0.3, 0.4) is 0 Å². The van der Waals surface area contributed by atoms with E-state index in [1.54, 1.807) is 23.4 Å².